The molecule has 0 aliphatic carbocycles. The maximum Gasteiger partial charge on any atom is 0.200 e. The Balaban J connectivity index is 1.99. The average molecular weight is 260 g/mol. The molecule has 1 aromatic heterocycles. The molecule has 0 aliphatic heterocycles. The number of hydrogen-bond acceptors (Lipinski definition) is 3. The van der Waals surface area contributed by atoms with Crippen molar-refractivity contribution in [3.8, 4) is 0 Å². The van der Waals surface area contributed by atoms with E-state index in [9.17, 15) is 8.78 Å². The second-order valence-corrected chi connectivity index (χ2v) is 4.22. The van der Waals surface area contributed by atoms with E-state index in [1.807, 2.05) is 0 Å². The zero-order chi connectivity index (χ0) is 13.4. The summed E-state index contributed by atoms with van der Waals surface area (Å²) in [5.74, 6) is -1.42. The number of oxazole rings is 1. The van der Waals surface area contributed by atoms with Gasteiger partial charge in [-0.05, 0) is 24.3 Å². The van der Waals surface area contributed by atoms with E-state index in [1.165, 1.54) is 12.1 Å². The molecular formula is C14H10F2N2O. The lowest BCUT2D eigenvalue weighted by atomic mass is 10.1. The van der Waals surface area contributed by atoms with Crippen LogP contribution in [0.15, 0.2) is 40.8 Å². The third-order valence-electron chi connectivity index (χ3n) is 2.83. The lowest BCUT2D eigenvalue weighted by Crippen LogP contribution is -1.95. The van der Waals surface area contributed by atoms with E-state index in [2.05, 4.69) is 4.98 Å². The van der Waals surface area contributed by atoms with Gasteiger partial charge in [0.05, 0.1) is 6.42 Å². The number of nitrogens with zero attached hydrogens (tertiary/aromatic N) is 1. The van der Waals surface area contributed by atoms with Gasteiger partial charge in [-0.2, -0.15) is 0 Å². The monoisotopic (exact) mass is 260 g/mol. The summed E-state index contributed by atoms with van der Waals surface area (Å²) in [4.78, 5) is 4.20. The summed E-state index contributed by atoms with van der Waals surface area (Å²) in [6, 6.07) is 9.09. The third-order valence-corrected chi connectivity index (χ3v) is 2.83. The minimum Gasteiger partial charge on any atom is -0.440 e. The highest BCUT2D eigenvalue weighted by Crippen LogP contribution is 2.21. The van der Waals surface area contributed by atoms with E-state index in [0.717, 1.165) is 6.07 Å². The molecule has 96 valence electrons. The summed E-state index contributed by atoms with van der Waals surface area (Å²) in [5, 5.41) is 0. The first kappa shape index (κ1) is 11.6. The molecule has 0 saturated heterocycles. The average Bonchev–Trinajstić information content (AvgIpc) is 2.76. The molecule has 0 atom stereocenters. The van der Waals surface area contributed by atoms with Gasteiger partial charge in [-0.25, -0.2) is 13.8 Å². The van der Waals surface area contributed by atoms with E-state index in [4.69, 9.17) is 10.2 Å². The molecule has 0 aliphatic rings. The smallest absolute Gasteiger partial charge is 0.200 e. The van der Waals surface area contributed by atoms with Crippen molar-refractivity contribution in [1.82, 2.24) is 4.98 Å². The van der Waals surface area contributed by atoms with Gasteiger partial charge in [0.1, 0.15) is 5.52 Å². The van der Waals surface area contributed by atoms with Crippen LogP contribution in [-0.2, 0) is 6.42 Å². The van der Waals surface area contributed by atoms with Crippen LogP contribution in [0.3, 0.4) is 0 Å². The maximum absolute atomic E-state index is 13.5. The lowest BCUT2D eigenvalue weighted by molar-refractivity contribution is 0.491. The van der Waals surface area contributed by atoms with Crippen LogP contribution >= 0.6 is 0 Å². The Kier molecular flexibility index (Phi) is 2.67. The third kappa shape index (κ3) is 2.14. The van der Waals surface area contributed by atoms with E-state index in [0.29, 0.717) is 22.7 Å². The number of nitrogens with two attached hydrogens (primary N) is 1. The first-order valence-corrected chi connectivity index (χ1v) is 5.71. The fourth-order valence-electron chi connectivity index (χ4n) is 1.92. The van der Waals surface area contributed by atoms with Gasteiger partial charge in [-0.3, -0.25) is 0 Å². The van der Waals surface area contributed by atoms with Gasteiger partial charge in [0.25, 0.3) is 0 Å². The van der Waals surface area contributed by atoms with Crippen LogP contribution < -0.4 is 5.73 Å². The molecule has 19 heavy (non-hydrogen) atoms. The summed E-state index contributed by atoms with van der Waals surface area (Å²) >= 11 is 0. The Morgan fingerprint density at radius 2 is 2.00 bits per heavy atom. The van der Waals surface area contributed by atoms with Crippen LogP contribution in [0.1, 0.15) is 11.5 Å². The minimum absolute atomic E-state index is 0.0954. The van der Waals surface area contributed by atoms with Gasteiger partial charge >= 0.3 is 0 Å². The molecule has 0 amide bonds. The first-order chi connectivity index (χ1) is 9.13. The highest BCUT2D eigenvalue weighted by Gasteiger charge is 2.12. The first-order valence-electron chi connectivity index (χ1n) is 5.71. The standard InChI is InChI=1S/C14H10F2N2O/c15-10-3-1-2-8(14(10)16)6-13-18-11-7-9(17)4-5-12(11)19-13/h1-5,7H,6,17H2. The van der Waals surface area contributed by atoms with Crippen LogP contribution in [0.5, 0.6) is 0 Å². The molecular weight excluding hydrogens is 250 g/mol. The van der Waals surface area contributed by atoms with Gasteiger partial charge < -0.3 is 10.2 Å². The van der Waals surface area contributed by atoms with Gasteiger partial charge in [0.2, 0.25) is 0 Å². The number of rotatable bonds is 2. The largest absolute Gasteiger partial charge is 0.440 e. The number of benzene rings is 2. The highest BCUT2D eigenvalue weighted by molar-refractivity contribution is 5.76. The Labute approximate surface area is 107 Å². The van der Waals surface area contributed by atoms with Gasteiger partial charge in [-0.15, -0.1) is 0 Å². The molecule has 0 saturated carbocycles. The number of halogens is 2. The van der Waals surface area contributed by atoms with Crippen molar-refractivity contribution in [3.63, 3.8) is 0 Å². The van der Waals surface area contributed by atoms with Crippen molar-refractivity contribution in [2.75, 3.05) is 5.73 Å². The molecule has 0 unspecified atom stereocenters. The van der Waals surface area contributed by atoms with E-state index < -0.39 is 11.6 Å². The molecule has 2 N–H and O–H groups in total. The van der Waals surface area contributed by atoms with Crippen molar-refractivity contribution < 1.29 is 13.2 Å². The Morgan fingerprint density at radius 1 is 1.16 bits per heavy atom. The van der Waals surface area contributed by atoms with Crippen LogP contribution in [0.4, 0.5) is 14.5 Å². The van der Waals surface area contributed by atoms with Crippen molar-refractivity contribution in [2.45, 2.75) is 6.42 Å². The molecule has 1 heterocycles. The summed E-state index contributed by atoms with van der Waals surface area (Å²) in [5.41, 5.74) is 7.59. The quantitative estimate of drug-likeness (QED) is 0.719. The lowest BCUT2D eigenvalue weighted by Gasteiger charge is -2.00. The van der Waals surface area contributed by atoms with Crippen molar-refractivity contribution in [1.29, 1.82) is 0 Å². The van der Waals surface area contributed by atoms with Crippen LogP contribution in [-0.4, -0.2) is 4.98 Å². The molecule has 0 fully saturated rings. The molecule has 2 aromatic carbocycles. The highest BCUT2D eigenvalue weighted by atomic mass is 19.2. The molecule has 5 heteroatoms. The number of fused-ring (bicyclic) bond motifs is 1. The van der Waals surface area contributed by atoms with Gasteiger partial charge in [0.15, 0.2) is 23.1 Å². The van der Waals surface area contributed by atoms with E-state index in [-0.39, 0.29) is 12.0 Å². The molecule has 0 bridgehead atoms. The second kappa shape index (κ2) is 4.35. The Bertz CT molecular complexity index is 752. The normalized spacial score (nSPS) is 11.1. The Hall–Kier alpha value is -2.43. The second-order valence-electron chi connectivity index (χ2n) is 4.22. The zero-order valence-corrected chi connectivity index (χ0v) is 9.86. The van der Waals surface area contributed by atoms with Gasteiger partial charge in [0, 0.05) is 11.3 Å². The van der Waals surface area contributed by atoms with Crippen molar-refractivity contribution >= 4 is 16.8 Å². The summed E-state index contributed by atoms with van der Waals surface area (Å²) in [6.45, 7) is 0. The number of hydrogen-bond donors (Lipinski definition) is 1. The summed E-state index contributed by atoms with van der Waals surface area (Å²) in [6.07, 6.45) is 0.0954. The van der Waals surface area contributed by atoms with Crippen molar-refractivity contribution in [2.24, 2.45) is 0 Å². The molecule has 3 nitrogen and oxygen atoms in total. The fourth-order valence-corrected chi connectivity index (χ4v) is 1.92. The number of aromatic nitrogens is 1. The predicted molar refractivity (Wildman–Crippen MR) is 67.6 cm³/mol. The number of anilines is 1. The predicted octanol–water partition coefficient (Wildman–Crippen LogP) is 3.28. The van der Waals surface area contributed by atoms with Crippen molar-refractivity contribution in [3.05, 3.63) is 59.5 Å². The maximum atomic E-state index is 13.5. The Morgan fingerprint density at radius 3 is 2.84 bits per heavy atom. The molecule has 3 rings (SSSR count). The molecule has 0 radical (unpaired) electrons. The van der Waals surface area contributed by atoms with Crippen LogP contribution in [0.2, 0.25) is 0 Å². The van der Waals surface area contributed by atoms with E-state index >= 15 is 0 Å². The topological polar surface area (TPSA) is 52.0 Å². The summed E-state index contributed by atoms with van der Waals surface area (Å²) < 4.78 is 32.1. The van der Waals surface area contributed by atoms with Crippen LogP contribution in [0.25, 0.3) is 11.1 Å². The number of nitrogen functional groups attached to an aromatic ring is 1. The van der Waals surface area contributed by atoms with Gasteiger partial charge in [-0.1, -0.05) is 12.1 Å². The SMILES string of the molecule is Nc1ccc2oc(Cc3cccc(F)c3F)nc2c1. The molecule has 3 aromatic rings. The zero-order valence-electron chi connectivity index (χ0n) is 9.86. The summed E-state index contributed by atoms with van der Waals surface area (Å²) in [7, 11) is 0. The fraction of sp³-hybridized carbons (Fsp3) is 0.0714. The van der Waals surface area contributed by atoms with Crippen LogP contribution in [0, 0.1) is 11.6 Å². The minimum atomic E-state index is -0.877. The van der Waals surface area contributed by atoms with E-state index in [1.54, 1.807) is 18.2 Å². The molecule has 0 spiro atoms.